The number of halogens is 1. The van der Waals surface area contributed by atoms with E-state index in [1.807, 2.05) is 0 Å². The van der Waals surface area contributed by atoms with Crippen LogP contribution in [0.3, 0.4) is 0 Å². The molecule has 0 heterocycles. The van der Waals surface area contributed by atoms with Crippen LogP contribution in [-0.2, 0) is 0 Å². The Bertz CT molecular complexity index is 442. The Morgan fingerprint density at radius 2 is 1.94 bits per heavy atom. The van der Waals surface area contributed by atoms with Crippen LogP contribution in [0.4, 0.5) is 14.9 Å². The Labute approximate surface area is 105 Å². The molecule has 0 spiro atoms. The maximum atomic E-state index is 12.7. The number of nitrogens with two attached hydrogens (primary N) is 1. The lowest BCUT2D eigenvalue weighted by Crippen LogP contribution is -2.43. The molecule has 0 aliphatic rings. The highest BCUT2D eigenvalue weighted by Crippen LogP contribution is 2.12. The van der Waals surface area contributed by atoms with Crippen LogP contribution in [0, 0.1) is 16.6 Å². The van der Waals surface area contributed by atoms with Crippen molar-refractivity contribution < 1.29 is 9.18 Å². The Morgan fingerprint density at radius 3 is 2.44 bits per heavy atom. The second-order valence-corrected chi connectivity index (χ2v) is 4.61. The fraction of sp³-hybridized carbons (Fsp3) is 0.333. The zero-order valence-electron chi connectivity index (χ0n) is 10.4. The van der Waals surface area contributed by atoms with E-state index in [2.05, 4.69) is 10.6 Å². The van der Waals surface area contributed by atoms with Crippen molar-refractivity contribution in [3.63, 3.8) is 0 Å². The summed E-state index contributed by atoms with van der Waals surface area (Å²) in [4.78, 5) is 11.5. The van der Waals surface area contributed by atoms with E-state index in [1.165, 1.54) is 24.3 Å². The predicted octanol–water partition coefficient (Wildman–Crippen LogP) is 1.91. The molecular weight excluding hydrogens is 235 g/mol. The van der Waals surface area contributed by atoms with Gasteiger partial charge in [-0.25, -0.2) is 9.18 Å². The average molecular weight is 252 g/mol. The number of urea groups is 1. The largest absolute Gasteiger partial charge is 0.387 e. The number of carbonyl (C=O) groups is 1. The van der Waals surface area contributed by atoms with Crippen LogP contribution in [0.25, 0.3) is 0 Å². The fourth-order valence-electron chi connectivity index (χ4n) is 1.10. The third kappa shape index (κ3) is 4.04. The zero-order chi connectivity index (χ0) is 13.8. The SMILES string of the molecule is CC(C)(CNC(=O)Nc1ccc(F)cc1)C(=N)N. The smallest absolute Gasteiger partial charge is 0.319 e. The minimum Gasteiger partial charge on any atom is -0.387 e. The fourth-order valence-corrected chi connectivity index (χ4v) is 1.10. The van der Waals surface area contributed by atoms with E-state index in [4.69, 9.17) is 11.1 Å². The van der Waals surface area contributed by atoms with E-state index in [-0.39, 0.29) is 18.2 Å². The molecule has 0 radical (unpaired) electrons. The van der Waals surface area contributed by atoms with Crippen molar-refractivity contribution in [3.8, 4) is 0 Å². The lowest BCUT2D eigenvalue weighted by molar-refractivity contribution is 0.249. The van der Waals surface area contributed by atoms with Gasteiger partial charge in [-0.05, 0) is 24.3 Å². The van der Waals surface area contributed by atoms with E-state index < -0.39 is 11.4 Å². The van der Waals surface area contributed by atoms with Crippen LogP contribution in [0.1, 0.15) is 13.8 Å². The second-order valence-electron chi connectivity index (χ2n) is 4.61. The van der Waals surface area contributed by atoms with E-state index in [0.717, 1.165) is 0 Å². The lowest BCUT2D eigenvalue weighted by Gasteiger charge is -2.23. The molecule has 2 amide bonds. The topological polar surface area (TPSA) is 91.0 Å². The molecule has 1 aromatic carbocycles. The van der Waals surface area contributed by atoms with E-state index in [0.29, 0.717) is 5.69 Å². The third-order valence-corrected chi connectivity index (χ3v) is 2.52. The van der Waals surface area contributed by atoms with Gasteiger partial charge in [0.1, 0.15) is 5.82 Å². The van der Waals surface area contributed by atoms with Gasteiger partial charge in [0.05, 0.1) is 5.84 Å². The van der Waals surface area contributed by atoms with Crippen molar-refractivity contribution in [1.29, 1.82) is 5.41 Å². The van der Waals surface area contributed by atoms with Gasteiger partial charge in [0, 0.05) is 17.6 Å². The number of amides is 2. The lowest BCUT2D eigenvalue weighted by atomic mass is 9.92. The molecule has 1 rings (SSSR count). The number of benzene rings is 1. The van der Waals surface area contributed by atoms with Crippen molar-refractivity contribution in [2.24, 2.45) is 11.1 Å². The van der Waals surface area contributed by atoms with Crippen molar-refractivity contribution in [1.82, 2.24) is 5.32 Å². The standard InChI is InChI=1S/C12H17FN4O/c1-12(2,10(14)15)7-16-11(18)17-9-5-3-8(13)4-6-9/h3-6H,7H2,1-2H3,(H3,14,15)(H2,16,17,18). The Kier molecular flexibility index (Phi) is 4.25. The molecule has 0 saturated heterocycles. The van der Waals surface area contributed by atoms with Gasteiger partial charge in [0.2, 0.25) is 0 Å². The summed E-state index contributed by atoms with van der Waals surface area (Å²) in [5.74, 6) is -0.358. The van der Waals surface area contributed by atoms with E-state index in [9.17, 15) is 9.18 Å². The Balaban J connectivity index is 2.48. The van der Waals surface area contributed by atoms with Gasteiger partial charge < -0.3 is 16.4 Å². The highest BCUT2D eigenvalue weighted by molar-refractivity contribution is 5.90. The number of hydrogen-bond acceptors (Lipinski definition) is 2. The number of hydrogen-bond donors (Lipinski definition) is 4. The van der Waals surface area contributed by atoms with Gasteiger partial charge in [0.15, 0.2) is 0 Å². The van der Waals surface area contributed by atoms with Crippen LogP contribution in [0.2, 0.25) is 0 Å². The van der Waals surface area contributed by atoms with Crippen molar-refractivity contribution in [2.45, 2.75) is 13.8 Å². The maximum Gasteiger partial charge on any atom is 0.319 e. The van der Waals surface area contributed by atoms with Crippen LogP contribution in [0.5, 0.6) is 0 Å². The van der Waals surface area contributed by atoms with Crippen LogP contribution in [0.15, 0.2) is 24.3 Å². The number of rotatable bonds is 4. The van der Waals surface area contributed by atoms with Gasteiger partial charge in [-0.3, -0.25) is 5.41 Å². The summed E-state index contributed by atoms with van der Waals surface area (Å²) in [6, 6.07) is 5.02. The van der Waals surface area contributed by atoms with Gasteiger partial charge in [-0.1, -0.05) is 13.8 Å². The summed E-state index contributed by atoms with van der Waals surface area (Å²) in [5, 5.41) is 12.5. The molecule has 18 heavy (non-hydrogen) atoms. The predicted molar refractivity (Wildman–Crippen MR) is 69.1 cm³/mol. The number of amidine groups is 1. The summed E-state index contributed by atoms with van der Waals surface area (Å²) >= 11 is 0. The first-order valence-electron chi connectivity index (χ1n) is 5.46. The maximum absolute atomic E-state index is 12.7. The Hall–Kier alpha value is -2.11. The quantitative estimate of drug-likeness (QED) is 0.487. The molecule has 0 aliphatic heterocycles. The summed E-state index contributed by atoms with van der Waals surface area (Å²) in [5.41, 5.74) is 5.29. The highest BCUT2D eigenvalue weighted by Gasteiger charge is 2.22. The molecule has 0 unspecified atom stereocenters. The normalized spacial score (nSPS) is 10.8. The number of nitrogens with one attached hydrogen (secondary N) is 3. The van der Waals surface area contributed by atoms with Crippen molar-refractivity contribution in [3.05, 3.63) is 30.1 Å². The first kappa shape index (κ1) is 14.0. The van der Waals surface area contributed by atoms with Gasteiger partial charge in [0.25, 0.3) is 0 Å². The number of carbonyl (C=O) groups excluding carboxylic acids is 1. The molecule has 5 nitrogen and oxygen atoms in total. The number of anilines is 1. The minimum absolute atomic E-state index is 0.00424. The third-order valence-electron chi connectivity index (χ3n) is 2.52. The molecule has 0 fully saturated rings. The Morgan fingerprint density at radius 1 is 1.39 bits per heavy atom. The molecule has 98 valence electrons. The second kappa shape index (κ2) is 5.48. The summed E-state index contributed by atoms with van der Waals surface area (Å²) < 4.78 is 12.7. The molecule has 0 atom stereocenters. The zero-order valence-corrected chi connectivity index (χ0v) is 10.4. The summed E-state index contributed by atoms with van der Waals surface area (Å²) in [6.45, 7) is 3.76. The first-order valence-corrected chi connectivity index (χ1v) is 5.46. The van der Waals surface area contributed by atoms with Crippen molar-refractivity contribution in [2.75, 3.05) is 11.9 Å². The first-order chi connectivity index (χ1) is 8.31. The van der Waals surface area contributed by atoms with E-state index in [1.54, 1.807) is 13.8 Å². The van der Waals surface area contributed by atoms with Gasteiger partial charge in [-0.2, -0.15) is 0 Å². The molecular formula is C12H17FN4O. The average Bonchev–Trinajstić information content (AvgIpc) is 2.29. The van der Waals surface area contributed by atoms with Gasteiger partial charge >= 0.3 is 6.03 Å². The summed E-state index contributed by atoms with van der Waals surface area (Å²) in [7, 11) is 0. The highest BCUT2D eigenvalue weighted by atomic mass is 19.1. The van der Waals surface area contributed by atoms with Crippen molar-refractivity contribution >= 4 is 17.6 Å². The van der Waals surface area contributed by atoms with Crippen LogP contribution in [-0.4, -0.2) is 18.4 Å². The molecule has 0 aromatic heterocycles. The molecule has 6 heteroatoms. The molecule has 1 aromatic rings. The van der Waals surface area contributed by atoms with Gasteiger partial charge in [-0.15, -0.1) is 0 Å². The van der Waals surface area contributed by atoms with E-state index >= 15 is 0 Å². The minimum atomic E-state index is -0.597. The van der Waals surface area contributed by atoms with Crippen LogP contribution < -0.4 is 16.4 Å². The molecule has 0 bridgehead atoms. The monoisotopic (exact) mass is 252 g/mol. The molecule has 5 N–H and O–H groups in total. The molecule has 0 saturated carbocycles. The molecule has 0 aliphatic carbocycles. The summed E-state index contributed by atoms with van der Waals surface area (Å²) in [6.07, 6.45) is 0. The van der Waals surface area contributed by atoms with Crippen LogP contribution >= 0.6 is 0 Å².